The monoisotopic (exact) mass is 326 g/mol. The molecule has 2 nitrogen and oxygen atoms in total. The molecule has 2 saturated heterocycles. The van der Waals surface area contributed by atoms with Gasteiger partial charge in [0.2, 0.25) is 0 Å². The molecule has 0 radical (unpaired) electrons. The van der Waals surface area contributed by atoms with Crippen LogP contribution in [0.5, 0.6) is 0 Å². The SMILES string of the molecule is Clc1ccc(CN2CC[C@@]3(c4ccccc4)CNC[C@@H]2C3)cc1. The lowest BCUT2D eigenvalue weighted by Crippen LogP contribution is -2.60. The van der Waals surface area contributed by atoms with Gasteiger partial charge in [-0.2, -0.15) is 0 Å². The molecule has 2 aliphatic heterocycles. The second-order valence-electron chi connectivity index (χ2n) is 6.98. The van der Waals surface area contributed by atoms with Crippen molar-refractivity contribution in [3.05, 3.63) is 70.7 Å². The summed E-state index contributed by atoms with van der Waals surface area (Å²) >= 11 is 6.00. The average Bonchev–Trinajstić information content (AvgIpc) is 2.60. The zero-order valence-corrected chi connectivity index (χ0v) is 14.1. The molecule has 0 saturated carbocycles. The summed E-state index contributed by atoms with van der Waals surface area (Å²) in [6, 6.07) is 20.0. The minimum absolute atomic E-state index is 0.320. The van der Waals surface area contributed by atoms with Gasteiger partial charge in [0.05, 0.1) is 0 Å². The van der Waals surface area contributed by atoms with Crippen molar-refractivity contribution in [1.82, 2.24) is 10.2 Å². The Morgan fingerprint density at radius 1 is 1.09 bits per heavy atom. The first-order chi connectivity index (χ1) is 11.3. The van der Waals surface area contributed by atoms with Gasteiger partial charge < -0.3 is 5.32 Å². The van der Waals surface area contributed by atoms with Crippen LogP contribution >= 0.6 is 11.6 Å². The summed E-state index contributed by atoms with van der Waals surface area (Å²) in [4.78, 5) is 2.64. The van der Waals surface area contributed by atoms with E-state index in [2.05, 4.69) is 52.7 Å². The third kappa shape index (κ3) is 3.03. The van der Waals surface area contributed by atoms with Gasteiger partial charge >= 0.3 is 0 Å². The summed E-state index contributed by atoms with van der Waals surface area (Å²) in [5, 5.41) is 4.50. The molecule has 4 rings (SSSR count). The molecule has 2 atom stereocenters. The Balaban J connectivity index is 1.51. The highest BCUT2D eigenvalue weighted by molar-refractivity contribution is 6.30. The topological polar surface area (TPSA) is 15.3 Å². The highest BCUT2D eigenvalue weighted by Crippen LogP contribution is 2.40. The smallest absolute Gasteiger partial charge is 0.0406 e. The number of fused-ring (bicyclic) bond motifs is 2. The van der Waals surface area contributed by atoms with Gasteiger partial charge in [-0.25, -0.2) is 0 Å². The standard InChI is InChI=1S/C20H23ClN2/c21-18-8-6-16(7-9-18)14-23-11-10-20(12-19(23)13-22-15-20)17-4-2-1-3-5-17/h1-9,19,22H,10-15H2/t19-,20-/m0/s1. The Hall–Kier alpha value is -1.35. The van der Waals surface area contributed by atoms with E-state index in [0.29, 0.717) is 11.5 Å². The Morgan fingerprint density at radius 2 is 1.87 bits per heavy atom. The van der Waals surface area contributed by atoms with Gasteiger partial charge in [0.25, 0.3) is 0 Å². The van der Waals surface area contributed by atoms with E-state index in [1.165, 1.54) is 30.5 Å². The second-order valence-corrected chi connectivity index (χ2v) is 7.42. The molecule has 2 aromatic carbocycles. The quantitative estimate of drug-likeness (QED) is 0.921. The number of likely N-dealkylation sites (tertiary alicyclic amines) is 1. The molecule has 2 heterocycles. The molecule has 2 fully saturated rings. The van der Waals surface area contributed by atoms with Crippen LogP contribution in [0.4, 0.5) is 0 Å². The molecule has 1 N–H and O–H groups in total. The number of hydrogen-bond donors (Lipinski definition) is 1. The Kier molecular flexibility index (Phi) is 4.14. The van der Waals surface area contributed by atoms with Crippen molar-refractivity contribution < 1.29 is 0 Å². The maximum atomic E-state index is 6.00. The van der Waals surface area contributed by atoms with Crippen LogP contribution in [0, 0.1) is 0 Å². The highest BCUT2D eigenvalue weighted by atomic mass is 35.5. The molecule has 2 bridgehead atoms. The molecule has 23 heavy (non-hydrogen) atoms. The number of hydrogen-bond acceptors (Lipinski definition) is 2. The van der Waals surface area contributed by atoms with Gasteiger partial charge in [-0.3, -0.25) is 4.90 Å². The minimum Gasteiger partial charge on any atom is -0.314 e. The van der Waals surface area contributed by atoms with Crippen molar-refractivity contribution in [2.24, 2.45) is 0 Å². The van der Waals surface area contributed by atoms with Crippen molar-refractivity contribution in [3.8, 4) is 0 Å². The first kappa shape index (κ1) is 15.2. The fourth-order valence-electron chi connectivity index (χ4n) is 4.25. The molecule has 0 aromatic heterocycles. The normalized spacial score (nSPS) is 27.8. The number of nitrogens with zero attached hydrogens (tertiary/aromatic N) is 1. The number of benzene rings is 2. The van der Waals surface area contributed by atoms with Crippen LogP contribution < -0.4 is 5.32 Å². The predicted octanol–water partition coefficient (Wildman–Crippen LogP) is 3.85. The van der Waals surface area contributed by atoms with Crippen molar-refractivity contribution >= 4 is 11.6 Å². The molecular weight excluding hydrogens is 304 g/mol. The zero-order valence-electron chi connectivity index (χ0n) is 13.3. The van der Waals surface area contributed by atoms with E-state index in [0.717, 1.165) is 24.7 Å². The Morgan fingerprint density at radius 3 is 2.65 bits per heavy atom. The molecular formula is C20H23ClN2. The van der Waals surface area contributed by atoms with Crippen LogP contribution in [0.25, 0.3) is 0 Å². The molecule has 120 valence electrons. The van der Waals surface area contributed by atoms with Crippen molar-refractivity contribution in [2.45, 2.75) is 30.8 Å². The lowest BCUT2D eigenvalue weighted by Gasteiger charge is -2.51. The molecule has 2 aliphatic rings. The van der Waals surface area contributed by atoms with E-state index in [1.807, 2.05) is 12.1 Å². The first-order valence-electron chi connectivity index (χ1n) is 8.50. The van der Waals surface area contributed by atoms with Crippen LogP contribution in [0.3, 0.4) is 0 Å². The summed E-state index contributed by atoms with van der Waals surface area (Å²) in [6.45, 7) is 4.41. The van der Waals surface area contributed by atoms with Gasteiger partial charge in [0.15, 0.2) is 0 Å². The van der Waals surface area contributed by atoms with Crippen molar-refractivity contribution in [1.29, 1.82) is 0 Å². The van der Waals surface area contributed by atoms with E-state index in [9.17, 15) is 0 Å². The van der Waals surface area contributed by atoms with Gasteiger partial charge in [-0.15, -0.1) is 0 Å². The summed E-state index contributed by atoms with van der Waals surface area (Å²) in [5.74, 6) is 0. The molecule has 0 aliphatic carbocycles. The van der Waals surface area contributed by atoms with E-state index in [-0.39, 0.29) is 0 Å². The van der Waals surface area contributed by atoms with Gasteiger partial charge in [0, 0.05) is 36.1 Å². The zero-order chi connectivity index (χ0) is 15.7. The maximum Gasteiger partial charge on any atom is 0.0406 e. The largest absolute Gasteiger partial charge is 0.314 e. The molecule has 3 heteroatoms. The Bertz CT molecular complexity index is 655. The van der Waals surface area contributed by atoms with E-state index in [1.54, 1.807) is 0 Å². The molecule has 2 aromatic rings. The summed E-state index contributed by atoms with van der Waals surface area (Å²) in [6.07, 6.45) is 2.49. The third-order valence-electron chi connectivity index (χ3n) is 5.55. The fourth-order valence-corrected chi connectivity index (χ4v) is 4.38. The average molecular weight is 327 g/mol. The summed E-state index contributed by atoms with van der Waals surface area (Å²) < 4.78 is 0. The number of rotatable bonds is 3. The second kappa shape index (κ2) is 6.27. The van der Waals surface area contributed by atoms with Crippen LogP contribution in [0.1, 0.15) is 24.0 Å². The lowest BCUT2D eigenvalue weighted by molar-refractivity contribution is 0.0577. The summed E-state index contributed by atoms with van der Waals surface area (Å²) in [7, 11) is 0. The van der Waals surface area contributed by atoms with E-state index >= 15 is 0 Å². The van der Waals surface area contributed by atoms with Crippen molar-refractivity contribution in [3.63, 3.8) is 0 Å². The summed E-state index contributed by atoms with van der Waals surface area (Å²) in [5.41, 5.74) is 3.18. The van der Waals surface area contributed by atoms with Gasteiger partial charge in [-0.1, -0.05) is 54.1 Å². The minimum atomic E-state index is 0.320. The lowest BCUT2D eigenvalue weighted by atomic mass is 9.68. The van der Waals surface area contributed by atoms with Crippen molar-refractivity contribution in [2.75, 3.05) is 19.6 Å². The van der Waals surface area contributed by atoms with Gasteiger partial charge in [-0.05, 0) is 42.6 Å². The predicted molar refractivity (Wildman–Crippen MR) is 95.9 cm³/mol. The van der Waals surface area contributed by atoms with Crippen LogP contribution in [-0.4, -0.2) is 30.6 Å². The highest BCUT2D eigenvalue weighted by Gasteiger charge is 2.43. The van der Waals surface area contributed by atoms with Crippen LogP contribution in [0.15, 0.2) is 54.6 Å². The maximum absolute atomic E-state index is 6.00. The van der Waals surface area contributed by atoms with Gasteiger partial charge in [0.1, 0.15) is 0 Å². The first-order valence-corrected chi connectivity index (χ1v) is 8.88. The van der Waals surface area contributed by atoms with E-state index < -0.39 is 0 Å². The van der Waals surface area contributed by atoms with Crippen LogP contribution in [-0.2, 0) is 12.0 Å². The number of halogens is 1. The Labute approximate surface area is 143 Å². The number of nitrogens with one attached hydrogen (secondary N) is 1. The molecule has 0 amide bonds. The third-order valence-corrected chi connectivity index (χ3v) is 5.80. The fraction of sp³-hybridized carbons (Fsp3) is 0.400. The molecule has 0 spiro atoms. The molecule has 0 unspecified atom stereocenters. The number of piperidine rings is 2. The van der Waals surface area contributed by atoms with E-state index in [4.69, 9.17) is 11.6 Å². The van der Waals surface area contributed by atoms with Crippen LogP contribution in [0.2, 0.25) is 5.02 Å².